The van der Waals surface area contributed by atoms with Crippen LogP contribution < -0.4 is 5.32 Å². The lowest BCUT2D eigenvalue weighted by Crippen LogP contribution is -2.49. The van der Waals surface area contributed by atoms with Crippen LogP contribution in [0.5, 0.6) is 0 Å². The Kier molecular flexibility index (Phi) is 3.62. The SMILES string of the molecule is Cc1csc(C2(NC(C)C)CCSC2C)n1. The lowest BCUT2D eigenvalue weighted by Gasteiger charge is -2.34. The normalized spacial score (nSPS) is 30.2. The number of hydrogen-bond donors (Lipinski definition) is 1. The van der Waals surface area contributed by atoms with Crippen molar-refractivity contribution in [2.45, 2.75) is 50.9 Å². The molecule has 2 unspecified atom stereocenters. The smallest absolute Gasteiger partial charge is 0.114 e. The molecule has 0 aromatic carbocycles. The zero-order valence-electron chi connectivity index (χ0n) is 10.4. The van der Waals surface area contributed by atoms with Crippen molar-refractivity contribution in [3.8, 4) is 0 Å². The van der Waals surface area contributed by atoms with E-state index in [9.17, 15) is 0 Å². The highest BCUT2D eigenvalue weighted by Crippen LogP contribution is 2.44. The third-order valence-electron chi connectivity index (χ3n) is 3.11. The van der Waals surface area contributed by atoms with Gasteiger partial charge in [0.2, 0.25) is 0 Å². The van der Waals surface area contributed by atoms with Crippen LogP contribution in [-0.2, 0) is 5.54 Å². The molecule has 16 heavy (non-hydrogen) atoms. The van der Waals surface area contributed by atoms with E-state index < -0.39 is 0 Å². The number of rotatable bonds is 3. The molecule has 1 aliphatic heterocycles. The Morgan fingerprint density at radius 3 is 2.75 bits per heavy atom. The Morgan fingerprint density at radius 2 is 2.31 bits per heavy atom. The summed E-state index contributed by atoms with van der Waals surface area (Å²) < 4.78 is 0. The van der Waals surface area contributed by atoms with Crippen LogP contribution in [0.25, 0.3) is 0 Å². The number of thioether (sulfide) groups is 1. The van der Waals surface area contributed by atoms with Crippen molar-refractivity contribution < 1.29 is 0 Å². The highest BCUT2D eigenvalue weighted by Gasteiger charge is 2.44. The third-order valence-corrected chi connectivity index (χ3v) is 5.59. The van der Waals surface area contributed by atoms with Gasteiger partial charge in [-0.3, -0.25) is 0 Å². The quantitative estimate of drug-likeness (QED) is 0.899. The molecule has 0 radical (unpaired) electrons. The van der Waals surface area contributed by atoms with Crippen molar-refractivity contribution in [1.82, 2.24) is 10.3 Å². The maximum absolute atomic E-state index is 4.71. The molecule has 2 heterocycles. The van der Waals surface area contributed by atoms with Crippen LogP contribution >= 0.6 is 23.1 Å². The van der Waals surface area contributed by atoms with E-state index in [1.165, 1.54) is 17.2 Å². The summed E-state index contributed by atoms with van der Waals surface area (Å²) in [5, 5.41) is 7.81. The lowest BCUT2D eigenvalue weighted by atomic mass is 9.92. The van der Waals surface area contributed by atoms with Gasteiger partial charge in [-0.2, -0.15) is 11.8 Å². The van der Waals surface area contributed by atoms with Gasteiger partial charge in [-0.05, 0) is 32.9 Å². The van der Waals surface area contributed by atoms with Gasteiger partial charge < -0.3 is 5.32 Å². The van der Waals surface area contributed by atoms with Crippen molar-refractivity contribution in [2.24, 2.45) is 0 Å². The number of aryl methyl sites for hydroxylation is 1. The molecular formula is C12H20N2S2. The molecule has 0 spiro atoms. The van der Waals surface area contributed by atoms with E-state index in [1.807, 2.05) is 0 Å². The molecule has 2 nitrogen and oxygen atoms in total. The minimum absolute atomic E-state index is 0.109. The van der Waals surface area contributed by atoms with Gasteiger partial charge in [-0.25, -0.2) is 4.98 Å². The molecule has 0 saturated carbocycles. The molecule has 0 aliphatic carbocycles. The van der Waals surface area contributed by atoms with E-state index in [1.54, 1.807) is 11.3 Å². The summed E-state index contributed by atoms with van der Waals surface area (Å²) >= 11 is 3.86. The Hall–Kier alpha value is -0.0600. The topological polar surface area (TPSA) is 24.9 Å². The van der Waals surface area contributed by atoms with Crippen molar-refractivity contribution in [3.05, 3.63) is 16.1 Å². The van der Waals surface area contributed by atoms with Crippen LogP contribution in [0.2, 0.25) is 0 Å². The summed E-state index contributed by atoms with van der Waals surface area (Å²) in [5.74, 6) is 1.24. The Bertz CT molecular complexity index is 362. The molecule has 2 rings (SSSR count). The van der Waals surface area contributed by atoms with Gasteiger partial charge in [0, 0.05) is 22.4 Å². The highest BCUT2D eigenvalue weighted by molar-refractivity contribution is 8.00. The molecule has 1 aromatic rings. The van der Waals surface area contributed by atoms with E-state index in [0.717, 1.165) is 5.69 Å². The number of hydrogen-bond acceptors (Lipinski definition) is 4. The average molecular weight is 256 g/mol. The maximum Gasteiger partial charge on any atom is 0.114 e. The summed E-state index contributed by atoms with van der Waals surface area (Å²) in [5.41, 5.74) is 1.26. The van der Waals surface area contributed by atoms with Crippen LogP contribution in [0.4, 0.5) is 0 Å². The fraction of sp³-hybridized carbons (Fsp3) is 0.750. The van der Waals surface area contributed by atoms with E-state index in [-0.39, 0.29) is 5.54 Å². The summed E-state index contributed by atoms with van der Waals surface area (Å²) in [6, 6.07) is 0.505. The number of nitrogens with zero attached hydrogens (tertiary/aromatic N) is 1. The second-order valence-electron chi connectivity index (χ2n) is 4.83. The number of nitrogens with one attached hydrogen (secondary N) is 1. The predicted molar refractivity (Wildman–Crippen MR) is 73.3 cm³/mol. The Balaban J connectivity index is 2.34. The molecule has 1 saturated heterocycles. The predicted octanol–water partition coefficient (Wildman–Crippen LogP) is 3.17. The second kappa shape index (κ2) is 4.67. The fourth-order valence-corrected chi connectivity index (χ4v) is 4.88. The first-order chi connectivity index (χ1) is 7.54. The first-order valence-electron chi connectivity index (χ1n) is 5.86. The summed E-state index contributed by atoms with van der Waals surface area (Å²) in [7, 11) is 0. The van der Waals surface area contributed by atoms with Crippen LogP contribution in [0.3, 0.4) is 0 Å². The van der Waals surface area contributed by atoms with Crippen LogP contribution in [0.1, 0.15) is 37.9 Å². The minimum atomic E-state index is 0.109. The van der Waals surface area contributed by atoms with Crippen molar-refractivity contribution >= 4 is 23.1 Å². The van der Waals surface area contributed by atoms with Gasteiger partial charge >= 0.3 is 0 Å². The standard InChI is InChI=1S/C12H20N2S2/c1-8(2)14-12(5-6-15-10(12)4)11-13-9(3)7-16-11/h7-8,10,14H,5-6H2,1-4H3. The molecule has 2 atom stereocenters. The molecule has 1 fully saturated rings. The Labute approximate surface area is 106 Å². The van der Waals surface area contributed by atoms with Gasteiger partial charge in [-0.15, -0.1) is 11.3 Å². The van der Waals surface area contributed by atoms with Crippen molar-refractivity contribution in [1.29, 1.82) is 0 Å². The summed E-state index contributed by atoms with van der Waals surface area (Å²) in [6.07, 6.45) is 1.20. The molecule has 0 bridgehead atoms. The first kappa shape index (κ1) is 12.4. The molecule has 90 valence electrons. The summed E-state index contributed by atoms with van der Waals surface area (Å²) in [4.78, 5) is 4.71. The molecule has 1 N–H and O–H groups in total. The van der Waals surface area contributed by atoms with Crippen molar-refractivity contribution in [2.75, 3.05) is 5.75 Å². The maximum atomic E-state index is 4.71. The van der Waals surface area contributed by atoms with E-state index >= 15 is 0 Å². The highest BCUT2D eigenvalue weighted by atomic mass is 32.2. The van der Waals surface area contributed by atoms with Gasteiger partial charge in [0.05, 0.1) is 5.54 Å². The van der Waals surface area contributed by atoms with Gasteiger partial charge in [0.1, 0.15) is 5.01 Å². The van der Waals surface area contributed by atoms with E-state index in [0.29, 0.717) is 11.3 Å². The zero-order valence-corrected chi connectivity index (χ0v) is 12.0. The summed E-state index contributed by atoms with van der Waals surface area (Å²) in [6.45, 7) is 8.84. The third kappa shape index (κ3) is 2.15. The molecule has 1 aromatic heterocycles. The first-order valence-corrected chi connectivity index (χ1v) is 7.79. The molecule has 4 heteroatoms. The number of aromatic nitrogens is 1. The van der Waals surface area contributed by atoms with Crippen LogP contribution in [0.15, 0.2) is 5.38 Å². The molecule has 1 aliphatic rings. The van der Waals surface area contributed by atoms with E-state index in [4.69, 9.17) is 4.98 Å². The Morgan fingerprint density at radius 1 is 1.56 bits per heavy atom. The fourth-order valence-electron chi connectivity index (χ4n) is 2.35. The average Bonchev–Trinajstić information content (AvgIpc) is 2.75. The van der Waals surface area contributed by atoms with Gasteiger partial charge in [0.25, 0.3) is 0 Å². The largest absolute Gasteiger partial charge is 0.302 e. The van der Waals surface area contributed by atoms with Crippen molar-refractivity contribution in [3.63, 3.8) is 0 Å². The van der Waals surface area contributed by atoms with Crippen LogP contribution in [-0.4, -0.2) is 22.0 Å². The minimum Gasteiger partial charge on any atom is -0.302 e. The lowest BCUT2D eigenvalue weighted by molar-refractivity contribution is 0.304. The molecular weight excluding hydrogens is 236 g/mol. The molecule has 0 amide bonds. The van der Waals surface area contributed by atoms with Gasteiger partial charge in [0.15, 0.2) is 0 Å². The second-order valence-corrected chi connectivity index (χ2v) is 7.13. The van der Waals surface area contributed by atoms with E-state index in [2.05, 4.69) is 50.2 Å². The monoisotopic (exact) mass is 256 g/mol. The van der Waals surface area contributed by atoms with Gasteiger partial charge in [-0.1, -0.05) is 6.92 Å². The number of thiazole rings is 1. The zero-order chi connectivity index (χ0) is 11.8. The van der Waals surface area contributed by atoms with Crippen LogP contribution in [0, 0.1) is 6.92 Å².